The highest BCUT2D eigenvalue weighted by Gasteiger charge is 2.21. The summed E-state index contributed by atoms with van der Waals surface area (Å²) in [5, 5.41) is 5.63. The van der Waals surface area contributed by atoms with Gasteiger partial charge in [0.15, 0.2) is 0 Å². The third-order valence-corrected chi connectivity index (χ3v) is 5.68. The zero-order valence-corrected chi connectivity index (χ0v) is 17.9. The topological polar surface area (TPSA) is 35.6 Å². The maximum atomic E-state index is 12.6. The number of rotatable bonds is 6. The lowest BCUT2D eigenvalue weighted by Crippen LogP contribution is -2.50. The van der Waals surface area contributed by atoms with Crippen LogP contribution in [0.3, 0.4) is 0 Å². The minimum absolute atomic E-state index is 0.00618. The van der Waals surface area contributed by atoms with Crippen molar-refractivity contribution in [3.63, 3.8) is 0 Å². The van der Waals surface area contributed by atoms with E-state index in [1.165, 1.54) is 22.8 Å². The van der Waals surface area contributed by atoms with Crippen LogP contribution in [-0.2, 0) is 4.79 Å². The molecule has 0 bridgehead atoms. The first-order valence-corrected chi connectivity index (χ1v) is 10.5. The number of benzene rings is 2. The van der Waals surface area contributed by atoms with E-state index in [0.717, 1.165) is 32.7 Å². The summed E-state index contributed by atoms with van der Waals surface area (Å²) < 4.78 is 0. The quantitative estimate of drug-likeness (QED) is 0.819. The fourth-order valence-corrected chi connectivity index (χ4v) is 3.86. The van der Waals surface area contributed by atoms with E-state index < -0.39 is 0 Å². The smallest absolute Gasteiger partial charge is 0.234 e. The molecule has 1 amide bonds. The second-order valence-corrected chi connectivity index (χ2v) is 9.29. The van der Waals surface area contributed by atoms with Crippen molar-refractivity contribution in [2.75, 3.05) is 39.3 Å². The highest BCUT2D eigenvalue weighted by Crippen LogP contribution is 2.24. The number of fused-ring (bicyclic) bond motifs is 1. The van der Waals surface area contributed by atoms with Gasteiger partial charge in [-0.3, -0.25) is 9.69 Å². The lowest BCUT2D eigenvalue weighted by atomic mass is 9.92. The van der Waals surface area contributed by atoms with Crippen molar-refractivity contribution in [2.24, 2.45) is 5.41 Å². The van der Waals surface area contributed by atoms with Crippen LogP contribution in [0.1, 0.15) is 45.7 Å². The molecule has 4 nitrogen and oxygen atoms in total. The monoisotopic (exact) mass is 381 g/mol. The Balaban J connectivity index is 1.48. The van der Waals surface area contributed by atoms with Crippen LogP contribution in [0.25, 0.3) is 10.8 Å². The predicted octanol–water partition coefficient (Wildman–Crippen LogP) is 4.07. The number of piperazine rings is 1. The molecular formula is C24H35N3O. The molecule has 3 rings (SSSR count). The van der Waals surface area contributed by atoms with Gasteiger partial charge in [-0.15, -0.1) is 0 Å². The van der Waals surface area contributed by atoms with Gasteiger partial charge in [0.25, 0.3) is 0 Å². The Morgan fingerprint density at radius 3 is 2.36 bits per heavy atom. The SMILES string of the molecule is CC(NC(=O)CN1CCN(CCC(C)(C)C)CC1)c1cccc2ccccc12. The Morgan fingerprint density at radius 1 is 1.00 bits per heavy atom. The third kappa shape index (κ3) is 5.79. The van der Waals surface area contributed by atoms with Gasteiger partial charge in [0.1, 0.15) is 0 Å². The van der Waals surface area contributed by atoms with Crippen LogP contribution in [0.15, 0.2) is 42.5 Å². The van der Waals surface area contributed by atoms with Gasteiger partial charge in [0.2, 0.25) is 5.91 Å². The Morgan fingerprint density at radius 2 is 1.64 bits per heavy atom. The normalized spacial score (nSPS) is 17.6. The van der Waals surface area contributed by atoms with Gasteiger partial charge in [-0.2, -0.15) is 0 Å². The van der Waals surface area contributed by atoms with E-state index in [2.05, 4.69) is 85.3 Å². The summed E-state index contributed by atoms with van der Waals surface area (Å²) in [7, 11) is 0. The maximum Gasteiger partial charge on any atom is 0.234 e. The summed E-state index contributed by atoms with van der Waals surface area (Å²) in [6.45, 7) is 14.7. The molecule has 0 aliphatic carbocycles. The van der Waals surface area contributed by atoms with E-state index in [0.29, 0.717) is 12.0 Å². The molecule has 2 aromatic carbocycles. The minimum Gasteiger partial charge on any atom is -0.348 e. The number of nitrogens with one attached hydrogen (secondary N) is 1. The van der Waals surface area contributed by atoms with Crippen molar-refractivity contribution in [2.45, 2.75) is 40.2 Å². The molecule has 0 saturated carbocycles. The molecule has 0 spiro atoms. The Kier molecular flexibility index (Phi) is 6.73. The average Bonchev–Trinajstić information content (AvgIpc) is 2.66. The number of carbonyl (C=O) groups excluding carboxylic acids is 1. The molecule has 2 aromatic rings. The van der Waals surface area contributed by atoms with E-state index in [4.69, 9.17) is 0 Å². The second-order valence-electron chi connectivity index (χ2n) is 9.29. The molecule has 0 radical (unpaired) electrons. The summed E-state index contributed by atoms with van der Waals surface area (Å²) in [4.78, 5) is 17.4. The molecule has 0 aromatic heterocycles. The molecule has 1 aliphatic rings. The van der Waals surface area contributed by atoms with Gasteiger partial charge in [0.05, 0.1) is 12.6 Å². The van der Waals surface area contributed by atoms with Gasteiger partial charge < -0.3 is 10.2 Å². The molecule has 1 saturated heterocycles. The molecule has 1 aliphatic heterocycles. The Hall–Kier alpha value is -1.91. The van der Waals surface area contributed by atoms with Crippen LogP contribution in [0.2, 0.25) is 0 Å². The molecule has 1 N–H and O–H groups in total. The van der Waals surface area contributed by atoms with Crippen molar-refractivity contribution in [1.82, 2.24) is 15.1 Å². The summed E-state index contributed by atoms with van der Waals surface area (Å²) in [6, 6.07) is 14.7. The predicted molar refractivity (Wildman–Crippen MR) is 117 cm³/mol. The van der Waals surface area contributed by atoms with E-state index in [1.807, 2.05) is 0 Å². The van der Waals surface area contributed by atoms with Gasteiger partial charge in [-0.05, 0) is 41.6 Å². The van der Waals surface area contributed by atoms with Crippen LogP contribution < -0.4 is 5.32 Å². The van der Waals surface area contributed by atoms with Crippen LogP contribution >= 0.6 is 0 Å². The Labute approximate surface area is 169 Å². The number of nitrogens with zero attached hydrogens (tertiary/aromatic N) is 2. The van der Waals surface area contributed by atoms with E-state index in [9.17, 15) is 4.79 Å². The van der Waals surface area contributed by atoms with Crippen molar-refractivity contribution in [3.05, 3.63) is 48.0 Å². The molecular weight excluding hydrogens is 346 g/mol. The van der Waals surface area contributed by atoms with Gasteiger partial charge >= 0.3 is 0 Å². The van der Waals surface area contributed by atoms with Crippen LogP contribution in [0.5, 0.6) is 0 Å². The van der Waals surface area contributed by atoms with E-state index in [1.54, 1.807) is 0 Å². The lowest BCUT2D eigenvalue weighted by molar-refractivity contribution is -0.123. The fourth-order valence-electron chi connectivity index (χ4n) is 3.86. The molecule has 152 valence electrons. The van der Waals surface area contributed by atoms with Crippen molar-refractivity contribution >= 4 is 16.7 Å². The Bertz CT molecular complexity index is 783. The van der Waals surface area contributed by atoms with E-state index >= 15 is 0 Å². The lowest BCUT2D eigenvalue weighted by Gasteiger charge is -2.35. The summed E-state index contributed by atoms with van der Waals surface area (Å²) in [5.74, 6) is 0.114. The van der Waals surface area contributed by atoms with Gasteiger partial charge in [-0.1, -0.05) is 63.2 Å². The van der Waals surface area contributed by atoms with Gasteiger partial charge in [0, 0.05) is 26.2 Å². The standard InChI is InChI=1S/C24H35N3O/c1-19(21-11-7-9-20-8-5-6-10-22(20)21)25-23(28)18-27-16-14-26(15-17-27)13-12-24(2,3)4/h5-11,19H,12-18H2,1-4H3,(H,25,28). The number of hydrogen-bond acceptors (Lipinski definition) is 3. The molecule has 4 heteroatoms. The van der Waals surface area contributed by atoms with Crippen LogP contribution in [-0.4, -0.2) is 55.0 Å². The number of carbonyl (C=O) groups is 1. The van der Waals surface area contributed by atoms with Crippen molar-refractivity contribution < 1.29 is 4.79 Å². The van der Waals surface area contributed by atoms with Crippen LogP contribution in [0, 0.1) is 5.41 Å². The minimum atomic E-state index is 0.00618. The van der Waals surface area contributed by atoms with Crippen molar-refractivity contribution in [1.29, 1.82) is 0 Å². The zero-order chi connectivity index (χ0) is 20.1. The second kappa shape index (κ2) is 9.06. The van der Waals surface area contributed by atoms with Gasteiger partial charge in [-0.25, -0.2) is 0 Å². The first kappa shape index (κ1) is 20.8. The first-order chi connectivity index (χ1) is 13.3. The number of hydrogen-bond donors (Lipinski definition) is 1. The first-order valence-electron chi connectivity index (χ1n) is 10.5. The van der Waals surface area contributed by atoms with Crippen molar-refractivity contribution in [3.8, 4) is 0 Å². The molecule has 1 heterocycles. The highest BCUT2D eigenvalue weighted by molar-refractivity contribution is 5.87. The molecule has 1 fully saturated rings. The average molecular weight is 382 g/mol. The largest absolute Gasteiger partial charge is 0.348 e. The highest BCUT2D eigenvalue weighted by atomic mass is 16.2. The zero-order valence-electron chi connectivity index (χ0n) is 17.9. The summed E-state index contributed by atoms with van der Waals surface area (Å²) in [5.41, 5.74) is 1.56. The third-order valence-electron chi connectivity index (χ3n) is 5.68. The van der Waals surface area contributed by atoms with Crippen LogP contribution in [0.4, 0.5) is 0 Å². The van der Waals surface area contributed by atoms with E-state index in [-0.39, 0.29) is 11.9 Å². The summed E-state index contributed by atoms with van der Waals surface area (Å²) >= 11 is 0. The molecule has 28 heavy (non-hydrogen) atoms. The molecule has 1 unspecified atom stereocenters. The number of amides is 1. The maximum absolute atomic E-state index is 12.6. The summed E-state index contributed by atoms with van der Waals surface area (Å²) in [6.07, 6.45) is 1.22. The molecule has 1 atom stereocenters. The fraction of sp³-hybridized carbons (Fsp3) is 0.542.